The number of rotatable bonds is 30. The van der Waals surface area contributed by atoms with Gasteiger partial charge < -0.3 is 69.3 Å². The number of esters is 3. The molecule has 424 valence electrons. The van der Waals surface area contributed by atoms with Gasteiger partial charge in [0.05, 0.1) is 67.7 Å². The van der Waals surface area contributed by atoms with Crippen LogP contribution in [0.2, 0.25) is 0 Å². The summed E-state index contributed by atoms with van der Waals surface area (Å²) in [5.74, 6) is 3.27. The van der Waals surface area contributed by atoms with E-state index in [9.17, 15) is 42.7 Å². The highest BCUT2D eigenvalue weighted by Gasteiger charge is 2.45. The van der Waals surface area contributed by atoms with Crippen molar-refractivity contribution in [1.29, 1.82) is 0 Å². The summed E-state index contributed by atoms with van der Waals surface area (Å²) in [6, 6.07) is 9.94. The molecule has 2 aromatic carbocycles. The number of hydrogen-bond acceptors (Lipinski definition) is 23. The number of nitrogens with zero attached hydrogens (tertiary/aromatic N) is 6. The first kappa shape index (κ1) is 63.4. The van der Waals surface area contributed by atoms with Crippen molar-refractivity contribution in [2.24, 2.45) is 10.8 Å². The van der Waals surface area contributed by atoms with Gasteiger partial charge in [-0.25, -0.2) is 38.0 Å². The maximum atomic E-state index is 13.7. The van der Waals surface area contributed by atoms with Gasteiger partial charge in [-0.15, -0.1) is 0 Å². The minimum absolute atomic E-state index is 0.00774. The van der Waals surface area contributed by atoms with E-state index in [2.05, 4.69) is 45.8 Å². The third-order valence-electron chi connectivity index (χ3n) is 10.7. The van der Waals surface area contributed by atoms with Gasteiger partial charge in [-0.1, -0.05) is 69.7 Å². The number of azide groups is 1. The Morgan fingerprint density at radius 2 is 1.73 bits per heavy atom. The van der Waals surface area contributed by atoms with E-state index in [0.717, 1.165) is 6.33 Å². The number of ether oxygens (including phenoxy) is 6. The summed E-state index contributed by atoms with van der Waals surface area (Å²) in [4.78, 5) is 101. The molecular weight excluding hydrogens is 1130 g/mol. The molecule has 7 atom stereocenters. The largest absolute Gasteiger partial charge is 0.490 e. The molecule has 0 bridgehead atoms. The third kappa shape index (κ3) is 19.7. The summed E-state index contributed by atoms with van der Waals surface area (Å²) in [5.41, 5.74) is 22.3. The molecule has 1 fully saturated rings. The normalized spacial score (nSPS) is 17.6. The predicted molar refractivity (Wildman–Crippen MR) is 280 cm³/mol. The van der Waals surface area contributed by atoms with Crippen molar-refractivity contribution in [1.82, 2.24) is 19.9 Å². The fourth-order valence-corrected chi connectivity index (χ4v) is 12.2. The second-order valence-corrected chi connectivity index (χ2v) is 23.6. The van der Waals surface area contributed by atoms with Crippen LogP contribution in [0.15, 0.2) is 60.1 Å². The number of amides is 1. The van der Waals surface area contributed by atoms with Gasteiger partial charge >= 0.3 is 41.4 Å². The number of unbranched alkanes of at least 4 members (excludes halogenated alkanes) is 1. The van der Waals surface area contributed by atoms with Crippen molar-refractivity contribution >= 4 is 85.7 Å². The molecule has 5 rings (SSSR count). The lowest BCUT2D eigenvalue weighted by Gasteiger charge is -2.21. The number of hydrogen-bond donors (Lipinski definition) is 7. The summed E-state index contributed by atoms with van der Waals surface area (Å²) in [6.07, 6.45) is 1.11. The highest BCUT2D eigenvalue weighted by atomic mass is 33.1. The molecule has 1 aliphatic heterocycles. The van der Waals surface area contributed by atoms with Gasteiger partial charge in [0, 0.05) is 35.7 Å². The molecule has 0 aliphatic carbocycles. The second kappa shape index (κ2) is 30.2. The first-order chi connectivity index (χ1) is 37.0. The van der Waals surface area contributed by atoms with Crippen LogP contribution in [0, 0.1) is 11.8 Å². The number of carbonyl (C=O) groups excluding carboxylic acids is 4. The van der Waals surface area contributed by atoms with E-state index >= 15 is 0 Å². The average molecular weight is 1190 g/mol. The Hall–Kier alpha value is -5.44. The first-order valence-corrected chi connectivity index (χ1v) is 30.4. The van der Waals surface area contributed by atoms with Gasteiger partial charge in [-0.3, -0.25) is 9.32 Å². The van der Waals surface area contributed by atoms with Gasteiger partial charge in [0.2, 0.25) is 5.91 Å². The minimum atomic E-state index is -5.90. The van der Waals surface area contributed by atoms with Crippen LogP contribution in [0.3, 0.4) is 0 Å². The fraction of sp³-hybridized carbons (Fsp3) is 0.455. The van der Waals surface area contributed by atoms with Crippen LogP contribution in [0.4, 0.5) is 5.82 Å². The predicted octanol–water partition coefficient (Wildman–Crippen LogP) is 5.71. The molecule has 1 aliphatic rings. The van der Waals surface area contributed by atoms with E-state index in [1.54, 1.807) is 18.2 Å². The SMILES string of the molecule is CSSC(C)c1ccc(OC(=O)COCCOCCN)cc1C(=O)OCCCCC(=O)NCC#Cc1cn([C@H]2CC(OC(=O)c3ccccc3C(C)N=[N+]=[N-])[C@@H](COP(=O)(O)OP(=O)(O)OP(=O)(O)O)O2)c2ncnc(N)c12. The number of anilines is 1. The number of phosphoric ester groups is 1. The number of benzene rings is 2. The molecular formula is C44H56N9O20P3S2. The standard InChI is InChI=1S/C44H56N9O20P3S2/c1-27(51-52-47)31-10-4-5-11-33(31)44(57)71-35-22-38(70-36(35)24-68-75(61,62)73-76(63,64)72-74(58,59)60)53-23-29(40-41(46)49-26-50-42(40)53)9-8-16-48-37(54)12-6-7-17-67-43(56)34-21-30(13-14-32(34)28(2)78-77-3)69-39(55)25-66-20-19-65-18-15-45/h4-5,10-11,13-14,21,23,26-28,35-36,38H,6-7,12,15-20,22,24-25,45H2,1-3H3,(H,48,54)(H,61,62)(H,63,64)(H2,46,49,50)(H2,58,59,60)/t27?,28?,35?,36-,38-/m1/s1. The van der Waals surface area contributed by atoms with Crippen molar-refractivity contribution < 1.29 is 94.0 Å². The summed E-state index contributed by atoms with van der Waals surface area (Å²) >= 11 is 0. The van der Waals surface area contributed by atoms with Crippen LogP contribution in [0.25, 0.3) is 21.5 Å². The van der Waals surface area contributed by atoms with Crippen molar-refractivity contribution in [3.05, 3.63) is 93.2 Å². The van der Waals surface area contributed by atoms with Crippen LogP contribution in [-0.4, -0.2) is 129 Å². The molecule has 0 radical (unpaired) electrons. The second-order valence-electron chi connectivity index (χ2n) is 16.3. The van der Waals surface area contributed by atoms with Crippen molar-refractivity contribution in [3.63, 3.8) is 0 Å². The molecule has 3 heterocycles. The molecule has 0 spiro atoms. The van der Waals surface area contributed by atoms with E-state index in [-0.39, 0.29) is 96.3 Å². The zero-order valence-electron chi connectivity index (χ0n) is 41.9. The van der Waals surface area contributed by atoms with Crippen LogP contribution < -0.4 is 21.5 Å². The van der Waals surface area contributed by atoms with Crippen LogP contribution in [0.5, 0.6) is 5.75 Å². The molecule has 9 N–H and O–H groups in total. The van der Waals surface area contributed by atoms with E-state index < -0.39 is 72.5 Å². The Balaban J connectivity index is 1.22. The lowest BCUT2D eigenvalue weighted by atomic mass is 10.0. The summed E-state index contributed by atoms with van der Waals surface area (Å²) in [5, 5.41) is 6.47. The molecule has 1 amide bonds. The molecule has 5 unspecified atom stereocenters. The smallest absolute Gasteiger partial charge is 0.462 e. The Morgan fingerprint density at radius 1 is 0.974 bits per heavy atom. The number of carbonyl (C=O) groups is 4. The molecule has 78 heavy (non-hydrogen) atoms. The van der Waals surface area contributed by atoms with E-state index in [0.29, 0.717) is 37.1 Å². The van der Waals surface area contributed by atoms with E-state index in [4.69, 9.17) is 59.7 Å². The summed E-state index contributed by atoms with van der Waals surface area (Å²) < 4.78 is 83.3. The number of nitrogens with one attached hydrogen (secondary N) is 1. The Labute approximate surface area is 453 Å². The maximum absolute atomic E-state index is 13.7. The van der Waals surface area contributed by atoms with Crippen LogP contribution in [-0.2, 0) is 60.1 Å². The average Bonchev–Trinajstić information content (AvgIpc) is 4.01. The lowest BCUT2D eigenvalue weighted by Crippen LogP contribution is -2.31. The highest BCUT2D eigenvalue weighted by Crippen LogP contribution is 2.66. The molecule has 29 nitrogen and oxygen atoms in total. The molecule has 4 aromatic rings. The summed E-state index contributed by atoms with van der Waals surface area (Å²) in [6.45, 7) is 3.14. The van der Waals surface area contributed by atoms with Crippen LogP contribution in [0.1, 0.15) is 94.5 Å². The third-order valence-corrected chi connectivity index (χ3v) is 16.7. The molecule has 2 aromatic heterocycles. The van der Waals surface area contributed by atoms with Crippen molar-refractivity contribution in [3.8, 4) is 17.6 Å². The zero-order valence-corrected chi connectivity index (χ0v) is 46.2. The summed E-state index contributed by atoms with van der Waals surface area (Å²) in [7, 11) is -14.2. The Bertz CT molecular complexity index is 3030. The van der Waals surface area contributed by atoms with Crippen molar-refractivity contribution in [2.75, 3.05) is 64.7 Å². The van der Waals surface area contributed by atoms with Crippen LogP contribution >= 0.6 is 45.1 Å². The maximum Gasteiger partial charge on any atom is 0.490 e. The zero-order chi connectivity index (χ0) is 57.0. The van der Waals surface area contributed by atoms with E-state index in [1.165, 1.54) is 63.5 Å². The topological polar surface area (TPSA) is 427 Å². The van der Waals surface area contributed by atoms with Crippen molar-refractivity contribution in [2.45, 2.75) is 69.3 Å². The highest BCUT2D eigenvalue weighted by molar-refractivity contribution is 8.76. The fourth-order valence-electron chi connectivity index (χ4n) is 7.37. The quantitative estimate of drug-likeness (QED) is 0.00378. The number of nitrogens with two attached hydrogens (primary N) is 2. The molecule has 0 saturated carbocycles. The number of fused-ring (bicyclic) bond motifs is 1. The van der Waals surface area contributed by atoms with Gasteiger partial charge in [-0.2, -0.15) is 8.62 Å². The number of phosphoric acid groups is 3. The number of aromatic nitrogens is 3. The number of nitrogen functional groups attached to an aromatic ring is 1. The first-order valence-electron chi connectivity index (χ1n) is 23.3. The van der Waals surface area contributed by atoms with Gasteiger partial charge in [0.1, 0.15) is 48.6 Å². The Morgan fingerprint density at radius 3 is 2.46 bits per heavy atom. The monoisotopic (exact) mass is 1190 g/mol. The minimum Gasteiger partial charge on any atom is -0.462 e. The molecule has 34 heteroatoms. The molecule has 1 saturated heterocycles. The van der Waals surface area contributed by atoms with Gasteiger partial charge in [0.15, 0.2) is 0 Å². The van der Waals surface area contributed by atoms with Gasteiger partial charge in [-0.05, 0) is 60.9 Å². The lowest BCUT2D eigenvalue weighted by molar-refractivity contribution is -0.140. The van der Waals surface area contributed by atoms with Gasteiger partial charge in [0.25, 0.3) is 0 Å². The Kier molecular flexibility index (Phi) is 24.6. The van der Waals surface area contributed by atoms with E-state index in [1.807, 2.05) is 13.2 Å².